The summed E-state index contributed by atoms with van der Waals surface area (Å²) in [5.41, 5.74) is 0.699. The molecule has 0 aliphatic carbocycles. The Balaban J connectivity index is 2.63. The van der Waals surface area contributed by atoms with Gasteiger partial charge in [-0.2, -0.15) is 0 Å². The van der Waals surface area contributed by atoms with Crippen molar-refractivity contribution in [1.29, 1.82) is 0 Å². The molecule has 19 heavy (non-hydrogen) atoms. The summed E-state index contributed by atoms with van der Waals surface area (Å²) in [5.74, 6) is -0.148. The Kier molecular flexibility index (Phi) is 5.48. The number of halogens is 1. The fraction of sp³-hybridized carbons (Fsp3) is 0.429. The normalized spacial score (nSPS) is 10.1. The van der Waals surface area contributed by atoms with E-state index >= 15 is 0 Å². The maximum absolute atomic E-state index is 13.2. The number of carbonyl (C=O) groups is 2. The van der Waals surface area contributed by atoms with E-state index in [1.54, 1.807) is 13.1 Å². The van der Waals surface area contributed by atoms with Crippen molar-refractivity contribution >= 4 is 11.7 Å². The van der Waals surface area contributed by atoms with Crippen molar-refractivity contribution in [2.45, 2.75) is 19.8 Å². The van der Waals surface area contributed by atoms with Gasteiger partial charge in [0.05, 0.1) is 13.5 Å². The molecule has 0 aromatic heterocycles. The Bertz CT molecular complexity index is 474. The largest absolute Gasteiger partial charge is 0.496 e. The molecule has 0 heterocycles. The number of benzene rings is 1. The van der Waals surface area contributed by atoms with E-state index in [1.165, 1.54) is 31.1 Å². The van der Waals surface area contributed by atoms with Crippen LogP contribution in [0.3, 0.4) is 0 Å². The highest BCUT2D eigenvalue weighted by Crippen LogP contribution is 2.20. The second-order valence-electron chi connectivity index (χ2n) is 4.40. The molecule has 1 rings (SSSR count). The maximum Gasteiger partial charge on any atom is 0.229 e. The summed E-state index contributed by atoms with van der Waals surface area (Å²) in [5, 5.41) is 0. The van der Waals surface area contributed by atoms with Crippen molar-refractivity contribution in [3.8, 4) is 5.75 Å². The lowest BCUT2D eigenvalue weighted by molar-refractivity contribution is -0.133. The Labute approximate surface area is 112 Å². The summed E-state index contributed by atoms with van der Waals surface area (Å²) >= 11 is 0. The van der Waals surface area contributed by atoms with Crippen LogP contribution in [0.5, 0.6) is 5.75 Å². The van der Waals surface area contributed by atoms with E-state index in [1.807, 2.05) is 0 Å². The molecule has 0 aliphatic rings. The summed E-state index contributed by atoms with van der Waals surface area (Å²) in [6, 6.07) is 4.27. The number of rotatable bonds is 6. The molecular formula is C14H18FNO3. The van der Waals surface area contributed by atoms with Crippen molar-refractivity contribution in [3.63, 3.8) is 0 Å². The van der Waals surface area contributed by atoms with Gasteiger partial charge in [0.1, 0.15) is 17.3 Å². The van der Waals surface area contributed by atoms with Gasteiger partial charge in [-0.25, -0.2) is 4.39 Å². The highest BCUT2D eigenvalue weighted by atomic mass is 19.1. The topological polar surface area (TPSA) is 46.6 Å². The van der Waals surface area contributed by atoms with Crippen LogP contribution < -0.4 is 4.74 Å². The molecule has 0 N–H and O–H groups in total. The van der Waals surface area contributed by atoms with Crippen LogP contribution in [-0.2, 0) is 16.0 Å². The van der Waals surface area contributed by atoms with Gasteiger partial charge in [-0.05, 0) is 37.1 Å². The van der Waals surface area contributed by atoms with Crippen LogP contribution in [0.4, 0.5) is 4.39 Å². The van der Waals surface area contributed by atoms with Crippen molar-refractivity contribution in [1.82, 2.24) is 4.90 Å². The average molecular weight is 267 g/mol. The number of likely N-dealkylation sites (N-methyl/N-ethyl adjacent to an activating group) is 1. The maximum atomic E-state index is 13.2. The minimum atomic E-state index is -0.339. The van der Waals surface area contributed by atoms with E-state index in [2.05, 4.69) is 0 Å². The average Bonchev–Trinajstić information content (AvgIpc) is 2.35. The van der Waals surface area contributed by atoms with Crippen molar-refractivity contribution in [3.05, 3.63) is 29.6 Å². The van der Waals surface area contributed by atoms with Crippen molar-refractivity contribution in [2.24, 2.45) is 0 Å². The van der Waals surface area contributed by atoms with Gasteiger partial charge in [0.2, 0.25) is 5.91 Å². The molecule has 0 saturated heterocycles. The molecule has 1 aromatic rings. The molecule has 4 nitrogen and oxygen atoms in total. The summed E-state index contributed by atoms with van der Waals surface area (Å²) in [6.07, 6.45) is 0.373. The van der Waals surface area contributed by atoms with Gasteiger partial charge in [-0.1, -0.05) is 0 Å². The smallest absolute Gasteiger partial charge is 0.229 e. The predicted octanol–water partition coefficient (Wildman–Crippen LogP) is 1.81. The first kappa shape index (κ1) is 15.1. The van der Waals surface area contributed by atoms with Gasteiger partial charge in [0, 0.05) is 13.6 Å². The van der Waals surface area contributed by atoms with Crippen LogP contribution in [0.2, 0.25) is 0 Å². The summed E-state index contributed by atoms with van der Waals surface area (Å²) in [6.45, 7) is 1.78. The fourth-order valence-electron chi connectivity index (χ4n) is 1.70. The molecule has 0 bridgehead atoms. The van der Waals surface area contributed by atoms with Crippen LogP contribution >= 0.6 is 0 Å². The zero-order chi connectivity index (χ0) is 14.4. The van der Waals surface area contributed by atoms with E-state index in [-0.39, 0.29) is 23.9 Å². The minimum absolute atomic E-state index is 0.100. The first-order valence-corrected chi connectivity index (χ1v) is 6.00. The number of hydrogen-bond acceptors (Lipinski definition) is 3. The Morgan fingerprint density at radius 1 is 1.37 bits per heavy atom. The molecular weight excluding hydrogens is 249 g/mol. The fourth-order valence-corrected chi connectivity index (χ4v) is 1.70. The molecule has 0 radical (unpaired) electrons. The molecule has 1 aromatic carbocycles. The monoisotopic (exact) mass is 267 g/mol. The molecule has 0 saturated carbocycles. The van der Waals surface area contributed by atoms with Crippen molar-refractivity contribution in [2.75, 3.05) is 20.7 Å². The van der Waals surface area contributed by atoms with Gasteiger partial charge in [0.15, 0.2) is 0 Å². The number of nitrogens with zero attached hydrogens (tertiary/aromatic N) is 1. The van der Waals surface area contributed by atoms with E-state index in [9.17, 15) is 14.0 Å². The minimum Gasteiger partial charge on any atom is -0.496 e. The number of hydrogen-bond donors (Lipinski definition) is 0. The highest BCUT2D eigenvalue weighted by molar-refractivity contribution is 5.96. The van der Waals surface area contributed by atoms with Gasteiger partial charge in [-0.3, -0.25) is 9.59 Å². The van der Waals surface area contributed by atoms with Gasteiger partial charge in [0.25, 0.3) is 0 Å². The molecule has 0 spiro atoms. The lowest BCUT2D eigenvalue weighted by atomic mass is 10.1. The molecule has 5 heteroatoms. The molecule has 104 valence electrons. The third-order valence-corrected chi connectivity index (χ3v) is 2.78. The first-order valence-electron chi connectivity index (χ1n) is 6.00. The highest BCUT2D eigenvalue weighted by Gasteiger charge is 2.12. The first-order chi connectivity index (χ1) is 8.93. The SMILES string of the molecule is COc1ccc(F)cc1CCN(C)C(=O)CC(C)=O. The Morgan fingerprint density at radius 2 is 2.05 bits per heavy atom. The van der Waals surface area contributed by atoms with Crippen LogP contribution in [-0.4, -0.2) is 37.3 Å². The van der Waals surface area contributed by atoms with E-state index in [4.69, 9.17) is 4.74 Å². The second kappa shape index (κ2) is 6.87. The van der Waals surface area contributed by atoms with Gasteiger partial charge in [-0.15, -0.1) is 0 Å². The van der Waals surface area contributed by atoms with Gasteiger partial charge < -0.3 is 9.64 Å². The zero-order valence-corrected chi connectivity index (χ0v) is 11.4. The Hall–Kier alpha value is -1.91. The molecule has 0 atom stereocenters. The molecule has 0 unspecified atom stereocenters. The second-order valence-corrected chi connectivity index (χ2v) is 4.40. The molecule has 0 aliphatic heterocycles. The Morgan fingerprint density at radius 3 is 2.63 bits per heavy atom. The molecule has 1 amide bonds. The number of amides is 1. The predicted molar refractivity (Wildman–Crippen MR) is 69.6 cm³/mol. The number of methoxy groups -OCH3 is 1. The third-order valence-electron chi connectivity index (χ3n) is 2.78. The summed E-state index contributed by atoms with van der Waals surface area (Å²) in [4.78, 5) is 23.9. The number of ketones is 1. The van der Waals surface area contributed by atoms with Crippen molar-refractivity contribution < 1.29 is 18.7 Å². The number of Topliss-reactive ketones (excluding diaryl/α,β-unsaturated/α-hetero) is 1. The van der Waals surface area contributed by atoms with Crippen LogP contribution in [0.15, 0.2) is 18.2 Å². The third kappa shape index (κ3) is 4.69. The van der Waals surface area contributed by atoms with Crippen LogP contribution in [0.1, 0.15) is 18.9 Å². The standard InChI is InChI=1S/C14H18FNO3/c1-10(17)8-14(18)16(2)7-6-11-9-12(15)4-5-13(11)19-3/h4-5,9H,6-8H2,1-3H3. The van der Waals surface area contributed by atoms with E-state index in [0.29, 0.717) is 24.3 Å². The lowest BCUT2D eigenvalue weighted by Crippen LogP contribution is -2.30. The van der Waals surface area contributed by atoms with Crippen LogP contribution in [0, 0.1) is 5.82 Å². The number of carbonyl (C=O) groups excluding carboxylic acids is 2. The van der Waals surface area contributed by atoms with Crippen LogP contribution in [0.25, 0.3) is 0 Å². The molecule has 0 fully saturated rings. The van der Waals surface area contributed by atoms with E-state index in [0.717, 1.165) is 0 Å². The number of ether oxygens (including phenoxy) is 1. The summed E-state index contributed by atoms with van der Waals surface area (Å²) < 4.78 is 18.3. The quantitative estimate of drug-likeness (QED) is 0.739. The van der Waals surface area contributed by atoms with E-state index < -0.39 is 0 Å². The van der Waals surface area contributed by atoms with Gasteiger partial charge >= 0.3 is 0 Å². The zero-order valence-electron chi connectivity index (χ0n) is 11.4. The lowest BCUT2D eigenvalue weighted by Gasteiger charge is -2.17. The summed E-state index contributed by atoms with van der Waals surface area (Å²) in [7, 11) is 3.14.